The molecule has 0 bridgehead atoms. The topological polar surface area (TPSA) is 51.8 Å². The Labute approximate surface area is 337 Å². The van der Waals surface area contributed by atoms with Gasteiger partial charge in [0.2, 0.25) is 0 Å². The van der Waals surface area contributed by atoms with Crippen LogP contribution < -0.4 is 0 Å². The minimum atomic E-state index is -0.0675. The third kappa shape index (κ3) is 5.64. The van der Waals surface area contributed by atoms with Crippen molar-refractivity contribution in [3.8, 4) is 78.4 Å². The summed E-state index contributed by atoms with van der Waals surface area (Å²) in [5.41, 5.74) is 18.2. The summed E-state index contributed by atoms with van der Waals surface area (Å²) in [5, 5.41) is 2.15. The first-order valence-electron chi connectivity index (χ1n) is 19.7. The van der Waals surface area contributed by atoms with Gasteiger partial charge in [-0.2, -0.15) is 0 Å². The first-order chi connectivity index (χ1) is 28.5. The Morgan fingerprint density at radius 3 is 1.83 bits per heavy atom. The molecule has 1 aliphatic carbocycles. The van der Waals surface area contributed by atoms with Crippen molar-refractivity contribution < 1.29 is 4.42 Å². The Bertz CT molecular complexity index is 3180. The number of hydrogen-bond acceptors (Lipinski definition) is 4. The molecule has 11 rings (SSSR count). The predicted octanol–water partition coefficient (Wildman–Crippen LogP) is 14.1. The van der Waals surface area contributed by atoms with Crippen LogP contribution >= 0.6 is 0 Å². The molecule has 0 saturated heterocycles. The van der Waals surface area contributed by atoms with Crippen molar-refractivity contribution in [2.24, 2.45) is 0 Å². The Hall–Kier alpha value is -7.43. The Balaban J connectivity index is 1.12. The van der Waals surface area contributed by atoms with E-state index in [-0.39, 0.29) is 5.41 Å². The van der Waals surface area contributed by atoms with Gasteiger partial charge < -0.3 is 4.42 Å². The standard InChI is InChI=1S/C54H37N3O/c1-54(2)47-17-8-6-13-42(47)46-32-38(23-24-48(46)54)40-29-39(35-21-19-34(20-22-35)36-25-27-55-28-26-36)30-41(31-40)49-33-50(57-53(56-49)37-11-4-3-5-12-37)45-16-10-15-44-43-14-7-9-18-51(43)58-52(44)45/h3-33H,1-2H3. The maximum atomic E-state index is 6.54. The average Bonchev–Trinajstić information content (AvgIpc) is 3.78. The Morgan fingerprint density at radius 1 is 0.397 bits per heavy atom. The highest BCUT2D eigenvalue weighted by Crippen LogP contribution is 2.50. The zero-order valence-corrected chi connectivity index (χ0v) is 32.1. The highest BCUT2D eigenvalue weighted by atomic mass is 16.3. The van der Waals surface area contributed by atoms with Crippen molar-refractivity contribution in [2.45, 2.75) is 19.3 Å². The lowest BCUT2D eigenvalue weighted by atomic mass is 9.82. The van der Waals surface area contributed by atoms with Crippen molar-refractivity contribution in [1.29, 1.82) is 0 Å². The quantitative estimate of drug-likeness (QED) is 0.170. The molecule has 7 aromatic carbocycles. The molecule has 0 aliphatic heterocycles. The molecule has 4 heteroatoms. The van der Waals surface area contributed by atoms with E-state index in [0.717, 1.165) is 83.4 Å². The molecule has 0 atom stereocenters. The van der Waals surface area contributed by atoms with Crippen LogP contribution in [0, 0.1) is 0 Å². The molecule has 274 valence electrons. The number of nitrogens with zero attached hydrogens (tertiary/aromatic N) is 3. The van der Waals surface area contributed by atoms with Crippen LogP contribution in [0.15, 0.2) is 193 Å². The molecule has 1 aliphatic rings. The first kappa shape index (κ1) is 33.9. The van der Waals surface area contributed by atoms with Crippen LogP contribution in [0.3, 0.4) is 0 Å². The van der Waals surface area contributed by atoms with Gasteiger partial charge in [0, 0.05) is 45.3 Å². The second kappa shape index (κ2) is 13.4. The molecule has 3 heterocycles. The molecular weight excluding hydrogens is 707 g/mol. The van der Waals surface area contributed by atoms with Crippen LogP contribution in [0.25, 0.3) is 100 Å². The summed E-state index contributed by atoms with van der Waals surface area (Å²) in [4.78, 5) is 14.7. The van der Waals surface area contributed by atoms with Crippen molar-refractivity contribution in [1.82, 2.24) is 15.0 Å². The summed E-state index contributed by atoms with van der Waals surface area (Å²) < 4.78 is 6.54. The number of furan rings is 1. The number of para-hydroxylation sites is 2. The SMILES string of the molecule is CC1(C)c2ccccc2-c2cc(-c3cc(-c4ccc(-c5ccncc5)cc4)cc(-c4cc(-c5cccc6c5oc5ccccc56)nc(-c5ccccc5)n4)c3)ccc21. The molecule has 10 aromatic rings. The van der Waals surface area contributed by atoms with Crippen LogP contribution in [0.5, 0.6) is 0 Å². The van der Waals surface area contributed by atoms with Gasteiger partial charge in [-0.05, 0) is 110 Å². The van der Waals surface area contributed by atoms with Gasteiger partial charge >= 0.3 is 0 Å². The van der Waals surface area contributed by atoms with Crippen LogP contribution in [0.1, 0.15) is 25.0 Å². The largest absolute Gasteiger partial charge is 0.455 e. The van der Waals surface area contributed by atoms with Gasteiger partial charge in [0.1, 0.15) is 11.2 Å². The summed E-state index contributed by atoms with van der Waals surface area (Å²) in [7, 11) is 0. The third-order valence-corrected chi connectivity index (χ3v) is 11.8. The molecule has 4 nitrogen and oxygen atoms in total. The van der Waals surface area contributed by atoms with E-state index in [1.807, 2.05) is 54.9 Å². The maximum absolute atomic E-state index is 6.54. The number of pyridine rings is 1. The fourth-order valence-corrected chi connectivity index (χ4v) is 8.81. The van der Waals surface area contributed by atoms with Gasteiger partial charge in [0.25, 0.3) is 0 Å². The van der Waals surface area contributed by atoms with Crippen molar-refractivity contribution in [3.63, 3.8) is 0 Å². The zero-order valence-electron chi connectivity index (χ0n) is 32.1. The van der Waals surface area contributed by atoms with Gasteiger partial charge in [-0.3, -0.25) is 4.98 Å². The van der Waals surface area contributed by atoms with Crippen LogP contribution in [-0.4, -0.2) is 15.0 Å². The average molecular weight is 744 g/mol. The lowest BCUT2D eigenvalue weighted by molar-refractivity contribution is 0.660. The molecule has 0 unspecified atom stereocenters. The van der Waals surface area contributed by atoms with Crippen molar-refractivity contribution in [2.75, 3.05) is 0 Å². The summed E-state index contributed by atoms with van der Waals surface area (Å²) in [6.07, 6.45) is 3.67. The molecule has 0 radical (unpaired) electrons. The van der Waals surface area contributed by atoms with Crippen LogP contribution in [0.2, 0.25) is 0 Å². The summed E-state index contributed by atoms with van der Waals surface area (Å²) >= 11 is 0. The van der Waals surface area contributed by atoms with Gasteiger partial charge in [-0.25, -0.2) is 9.97 Å². The zero-order chi connectivity index (χ0) is 38.8. The predicted molar refractivity (Wildman–Crippen MR) is 237 cm³/mol. The summed E-state index contributed by atoms with van der Waals surface area (Å²) in [5.74, 6) is 0.659. The second-order valence-electron chi connectivity index (χ2n) is 15.7. The van der Waals surface area contributed by atoms with Crippen LogP contribution in [0.4, 0.5) is 0 Å². The smallest absolute Gasteiger partial charge is 0.160 e. The Morgan fingerprint density at radius 2 is 1.00 bits per heavy atom. The maximum Gasteiger partial charge on any atom is 0.160 e. The normalized spacial score (nSPS) is 12.8. The number of aromatic nitrogens is 3. The Kier molecular flexibility index (Phi) is 7.80. The van der Waals surface area contributed by atoms with E-state index in [1.165, 1.54) is 22.3 Å². The second-order valence-corrected chi connectivity index (χ2v) is 15.7. The molecule has 0 saturated carbocycles. The van der Waals surface area contributed by atoms with Gasteiger partial charge in [0.15, 0.2) is 5.82 Å². The highest BCUT2D eigenvalue weighted by molar-refractivity contribution is 6.09. The molecular formula is C54H37N3O. The van der Waals surface area contributed by atoms with Gasteiger partial charge in [0.05, 0.1) is 11.4 Å². The molecule has 3 aromatic heterocycles. The third-order valence-electron chi connectivity index (χ3n) is 11.8. The monoisotopic (exact) mass is 743 g/mol. The number of fused-ring (bicyclic) bond motifs is 6. The van der Waals surface area contributed by atoms with E-state index < -0.39 is 0 Å². The first-order valence-corrected chi connectivity index (χ1v) is 19.7. The number of hydrogen-bond donors (Lipinski definition) is 0. The summed E-state index contributed by atoms with van der Waals surface area (Å²) in [6.45, 7) is 4.66. The van der Waals surface area contributed by atoms with E-state index in [2.05, 4.69) is 152 Å². The molecule has 0 fully saturated rings. The fourth-order valence-electron chi connectivity index (χ4n) is 8.81. The van der Waals surface area contributed by atoms with Gasteiger partial charge in [-0.1, -0.05) is 135 Å². The van der Waals surface area contributed by atoms with E-state index >= 15 is 0 Å². The lowest BCUT2D eigenvalue weighted by Gasteiger charge is -2.21. The van der Waals surface area contributed by atoms with Crippen LogP contribution in [-0.2, 0) is 5.41 Å². The summed E-state index contributed by atoms with van der Waals surface area (Å²) in [6, 6.07) is 62.4. The van der Waals surface area contributed by atoms with Crippen molar-refractivity contribution in [3.05, 3.63) is 199 Å². The lowest BCUT2D eigenvalue weighted by Crippen LogP contribution is -2.14. The van der Waals surface area contributed by atoms with E-state index in [0.29, 0.717) is 5.82 Å². The highest BCUT2D eigenvalue weighted by Gasteiger charge is 2.35. The molecule has 0 amide bonds. The molecule has 58 heavy (non-hydrogen) atoms. The minimum absolute atomic E-state index is 0.0675. The van der Waals surface area contributed by atoms with E-state index in [9.17, 15) is 0 Å². The molecule has 0 spiro atoms. The minimum Gasteiger partial charge on any atom is -0.455 e. The fraction of sp³-hybridized carbons (Fsp3) is 0.0556. The van der Waals surface area contributed by atoms with Crippen molar-refractivity contribution >= 4 is 21.9 Å². The van der Waals surface area contributed by atoms with Gasteiger partial charge in [-0.15, -0.1) is 0 Å². The molecule has 0 N–H and O–H groups in total. The number of benzene rings is 7. The number of rotatable bonds is 6. The van der Waals surface area contributed by atoms with E-state index in [4.69, 9.17) is 14.4 Å². The van der Waals surface area contributed by atoms with E-state index in [1.54, 1.807) is 0 Å².